The van der Waals surface area contributed by atoms with Crippen LogP contribution in [-0.4, -0.2) is 40.0 Å². The number of aryl methyl sites for hydroxylation is 2. The van der Waals surface area contributed by atoms with Crippen LogP contribution in [0.15, 0.2) is 6.20 Å². The second kappa shape index (κ2) is 7.75. The molecule has 2 aliphatic rings. The number of thiazole rings is 1. The molecule has 7 nitrogen and oxygen atoms in total. The number of carbonyl (C=O) groups excluding carboxylic acids is 1. The third-order valence-electron chi connectivity index (χ3n) is 5.73. The lowest BCUT2D eigenvalue weighted by atomic mass is 9.85. The molecule has 0 saturated carbocycles. The Morgan fingerprint density at radius 1 is 1.36 bits per heavy atom. The van der Waals surface area contributed by atoms with E-state index in [1.807, 2.05) is 6.20 Å². The second-order valence-electron chi connectivity index (χ2n) is 8.19. The minimum Gasteiger partial charge on any atom is -0.340 e. The Kier molecular flexibility index (Phi) is 5.33. The molecular weight excluding hydrogens is 372 g/mol. The van der Waals surface area contributed by atoms with E-state index in [-0.39, 0.29) is 11.9 Å². The summed E-state index contributed by atoms with van der Waals surface area (Å²) >= 11 is 1.50. The predicted octanol–water partition coefficient (Wildman–Crippen LogP) is 2.86. The first-order chi connectivity index (χ1) is 13.4. The first-order valence-electron chi connectivity index (χ1n) is 10.1. The minimum absolute atomic E-state index is 0.101. The number of hydrogen-bond donors (Lipinski definition) is 2. The van der Waals surface area contributed by atoms with Gasteiger partial charge in [-0.2, -0.15) is 0 Å². The van der Waals surface area contributed by atoms with Crippen molar-refractivity contribution in [3.8, 4) is 10.6 Å². The highest BCUT2D eigenvalue weighted by Crippen LogP contribution is 2.39. The van der Waals surface area contributed by atoms with Crippen LogP contribution in [0.4, 0.5) is 11.1 Å². The van der Waals surface area contributed by atoms with Crippen molar-refractivity contribution in [3.05, 3.63) is 17.5 Å². The average Bonchev–Trinajstić information content (AvgIpc) is 3.09. The van der Waals surface area contributed by atoms with Crippen molar-refractivity contribution in [2.75, 3.05) is 23.3 Å². The molecule has 0 bridgehead atoms. The molecule has 150 valence electrons. The van der Waals surface area contributed by atoms with Crippen LogP contribution in [0.1, 0.15) is 44.9 Å². The molecule has 1 aliphatic heterocycles. The van der Waals surface area contributed by atoms with E-state index in [0.717, 1.165) is 60.1 Å². The smallest absolute Gasteiger partial charge is 0.225 e. The summed E-state index contributed by atoms with van der Waals surface area (Å²) in [7, 11) is 0. The van der Waals surface area contributed by atoms with E-state index >= 15 is 0 Å². The summed E-state index contributed by atoms with van der Waals surface area (Å²) in [6.07, 6.45) is 5.98. The van der Waals surface area contributed by atoms with Gasteiger partial charge in [0.15, 0.2) is 5.13 Å². The molecule has 3 N–H and O–H groups in total. The van der Waals surface area contributed by atoms with Crippen molar-refractivity contribution in [1.29, 1.82) is 0 Å². The van der Waals surface area contributed by atoms with Gasteiger partial charge in [-0.05, 0) is 43.1 Å². The number of nitrogens with one attached hydrogen (secondary N) is 1. The Bertz CT molecular complexity index is 880. The normalized spacial score (nSPS) is 19.9. The Hall–Kier alpha value is -2.06. The summed E-state index contributed by atoms with van der Waals surface area (Å²) < 4.78 is 0. The lowest BCUT2D eigenvalue weighted by Gasteiger charge is -2.37. The molecule has 4 rings (SSSR count). The number of nitrogens with two attached hydrogens (primary N) is 1. The standard InChI is InChI=1S/C20H28N6OS/c1-11(2)16(21)14-5-4-8-26(10-14)19-22-9-13-6-7-15-18(17(13)25-19)28-20(24-15)23-12(3)27/h9,11,14,16H,4-8,10,21H2,1-3H3,(H,23,24,27). The fourth-order valence-electron chi connectivity index (χ4n) is 4.14. The molecule has 0 aromatic carbocycles. The van der Waals surface area contributed by atoms with Crippen molar-refractivity contribution in [2.45, 2.75) is 52.5 Å². The van der Waals surface area contributed by atoms with Crippen molar-refractivity contribution >= 4 is 28.3 Å². The Morgan fingerprint density at radius 2 is 2.18 bits per heavy atom. The number of anilines is 2. The molecule has 2 aromatic rings. The van der Waals surface area contributed by atoms with Gasteiger partial charge < -0.3 is 16.0 Å². The zero-order chi connectivity index (χ0) is 19.8. The molecule has 3 heterocycles. The van der Waals surface area contributed by atoms with Crippen molar-refractivity contribution in [1.82, 2.24) is 15.0 Å². The van der Waals surface area contributed by atoms with Crippen LogP contribution in [0, 0.1) is 11.8 Å². The summed E-state index contributed by atoms with van der Waals surface area (Å²) in [5, 5.41) is 3.45. The maximum Gasteiger partial charge on any atom is 0.225 e. The Balaban J connectivity index is 1.61. The minimum atomic E-state index is -0.101. The van der Waals surface area contributed by atoms with Crippen LogP contribution >= 0.6 is 11.3 Å². The zero-order valence-corrected chi connectivity index (χ0v) is 17.6. The van der Waals surface area contributed by atoms with Crippen LogP contribution in [0.5, 0.6) is 0 Å². The van der Waals surface area contributed by atoms with Gasteiger partial charge in [-0.1, -0.05) is 25.2 Å². The van der Waals surface area contributed by atoms with Gasteiger partial charge in [-0.25, -0.2) is 15.0 Å². The third kappa shape index (κ3) is 3.75. The molecule has 1 amide bonds. The summed E-state index contributed by atoms with van der Waals surface area (Å²) in [4.78, 5) is 28.9. The quantitative estimate of drug-likeness (QED) is 0.819. The number of carbonyl (C=O) groups is 1. The van der Waals surface area contributed by atoms with Crippen molar-refractivity contribution in [2.24, 2.45) is 17.6 Å². The average molecular weight is 401 g/mol. The van der Waals surface area contributed by atoms with Gasteiger partial charge in [0.1, 0.15) is 0 Å². The van der Waals surface area contributed by atoms with Crippen molar-refractivity contribution in [3.63, 3.8) is 0 Å². The maximum atomic E-state index is 11.4. The van der Waals surface area contributed by atoms with E-state index in [2.05, 4.69) is 34.0 Å². The topological polar surface area (TPSA) is 97.0 Å². The molecule has 28 heavy (non-hydrogen) atoms. The van der Waals surface area contributed by atoms with Gasteiger partial charge in [0.2, 0.25) is 11.9 Å². The van der Waals surface area contributed by atoms with E-state index in [1.54, 1.807) is 0 Å². The highest BCUT2D eigenvalue weighted by atomic mass is 32.1. The zero-order valence-electron chi connectivity index (χ0n) is 16.7. The number of rotatable bonds is 4. The van der Waals surface area contributed by atoms with Crippen LogP contribution < -0.4 is 16.0 Å². The fraction of sp³-hybridized carbons (Fsp3) is 0.600. The molecule has 8 heteroatoms. The van der Waals surface area contributed by atoms with Gasteiger partial charge in [0.05, 0.1) is 16.3 Å². The van der Waals surface area contributed by atoms with E-state index in [0.29, 0.717) is 17.0 Å². The molecular formula is C20H28N6OS. The highest BCUT2D eigenvalue weighted by Gasteiger charge is 2.29. The highest BCUT2D eigenvalue weighted by molar-refractivity contribution is 7.19. The summed E-state index contributed by atoms with van der Waals surface area (Å²) in [5.74, 6) is 1.62. The van der Waals surface area contributed by atoms with Gasteiger partial charge in [0, 0.05) is 32.3 Å². The Morgan fingerprint density at radius 3 is 2.93 bits per heavy atom. The lowest BCUT2D eigenvalue weighted by Crippen LogP contribution is -2.46. The van der Waals surface area contributed by atoms with E-state index in [4.69, 9.17) is 10.7 Å². The van der Waals surface area contributed by atoms with Gasteiger partial charge >= 0.3 is 0 Å². The number of piperidine rings is 1. The van der Waals surface area contributed by atoms with Crippen LogP contribution in [0.2, 0.25) is 0 Å². The summed E-state index contributed by atoms with van der Waals surface area (Å²) in [6.45, 7) is 7.76. The van der Waals surface area contributed by atoms with Gasteiger partial charge in [-0.3, -0.25) is 4.79 Å². The SMILES string of the molecule is CC(=O)Nc1nc2c(s1)-c1nc(N3CCCC(C(N)C(C)C)C3)ncc1CC2. The maximum absolute atomic E-state index is 11.4. The van der Waals surface area contributed by atoms with Gasteiger partial charge in [0.25, 0.3) is 0 Å². The number of hydrogen-bond acceptors (Lipinski definition) is 7. The molecule has 1 fully saturated rings. The second-order valence-corrected chi connectivity index (χ2v) is 9.19. The van der Waals surface area contributed by atoms with E-state index in [9.17, 15) is 4.79 Å². The first-order valence-corrected chi connectivity index (χ1v) is 10.9. The van der Waals surface area contributed by atoms with Crippen LogP contribution in [-0.2, 0) is 17.6 Å². The monoisotopic (exact) mass is 400 g/mol. The van der Waals surface area contributed by atoms with Crippen LogP contribution in [0.3, 0.4) is 0 Å². The molecule has 2 aromatic heterocycles. The Labute approximate surface area is 169 Å². The largest absolute Gasteiger partial charge is 0.340 e. The molecule has 0 spiro atoms. The van der Waals surface area contributed by atoms with Crippen LogP contribution in [0.25, 0.3) is 10.6 Å². The summed E-state index contributed by atoms with van der Waals surface area (Å²) in [5.41, 5.74) is 9.58. The number of fused-ring (bicyclic) bond motifs is 3. The summed E-state index contributed by atoms with van der Waals surface area (Å²) in [6, 6.07) is 0.203. The fourth-order valence-corrected chi connectivity index (χ4v) is 5.23. The number of amides is 1. The first kappa shape index (κ1) is 19.3. The number of aromatic nitrogens is 3. The van der Waals surface area contributed by atoms with E-state index in [1.165, 1.54) is 24.7 Å². The predicted molar refractivity (Wildman–Crippen MR) is 113 cm³/mol. The molecule has 1 aliphatic carbocycles. The third-order valence-corrected chi connectivity index (χ3v) is 6.75. The molecule has 0 radical (unpaired) electrons. The lowest BCUT2D eigenvalue weighted by molar-refractivity contribution is -0.114. The van der Waals surface area contributed by atoms with Crippen molar-refractivity contribution < 1.29 is 4.79 Å². The number of nitrogens with zero attached hydrogens (tertiary/aromatic N) is 4. The van der Waals surface area contributed by atoms with E-state index < -0.39 is 0 Å². The molecule has 2 atom stereocenters. The molecule has 1 saturated heterocycles. The molecule has 2 unspecified atom stereocenters. The van der Waals surface area contributed by atoms with Gasteiger partial charge in [-0.15, -0.1) is 0 Å².